The molecule has 4 nitrogen and oxygen atoms in total. The van der Waals surface area contributed by atoms with Gasteiger partial charge in [0.2, 0.25) is 0 Å². The van der Waals surface area contributed by atoms with Crippen molar-refractivity contribution in [1.82, 2.24) is 4.90 Å². The van der Waals surface area contributed by atoms with Crippen LogP contribution in [0, 0.1) is 5.82 Å². The van der Waals surface area contributed by atoms with Crippen LogP contribution in [0.4, 0.5) is 4.39 Å². The maximum Gasteiger partial charge on any atom is 0.257 e. The van der Waals surface area contributed by atoms with Crippen LogP contribution in [0.3, 0.4) is 0 Å². The van der Waals surface area contributed by atoms with Crippen molar-refractivity contribution in [2.45, 2.75) is 44.8 Å². The molecule has 1 aliphatic rings. The fourth-order valence-electron chi connectivity index (χ4n) is 3.35. The number of carbonyl (C=O) groups excluding carboxylic acids is 1. The lowest BCUT2D eigenvalue weighted by atomic mass is 9.96. The fraction of sp³-hybridized carbons (Fsp3) is 0.450. The molecule has 2 unspecified atom stereocenters. The van der Waals surface area contributed by atoms with E-state index >= 15 is 0 Å². The van der Waals surface area contributed by atoms with Crippen molar-refractivity contribution in [2.75, 3.05) is 13.7 Å². The van der Waals surface area contributed by atoms with E-state index in [1.54, 1.807) is 29.4 Å². The molecule has 0 bridgehead atoms. The van der Waals surface area contributed by atoms with Crippen LogP contribution in [-0.4, -0.2) is 30.5 Å². The summed E-state index contributed by atoms with van der Waals surface area (Å²) >= 11 is 0. The summed E-state index contributed by atoms with van der Waals surface area (Å²) in [5, 5.41) is 0. The van der Waals surface area contributed by atoms with E-state index in [0.717, 1.165) is 30.6 Å². The number of benzene rings is 1. The molecule has 1 aromatic heterocycles. The number of halogens is 1. The molecule has 0 spiro atoms. The zero-order valence-electron chi connectivity index (χ0n) is 14.7. The lowest BCUT2D eigenvalue weighted by molar-refractivity contribution is -0.0197. The average Bonchev–Trinajstić information content (AvgIpc) is 3.10. The molecule has 3 rings (SSSR count). The maximum absolute atomic E-state index is 13.1. The number of aryl methyl sites for hydroxylation is 1. The highest BCUT2D eigenvalue weighted by Crippen LogP contribution is 2.31. The summed E-state index contributed by atoms with van der Waals surface area (Å²) in [4.78, 5) is 14.7. The van der Waals surface area contributed by atoms with Crippen molar-refractivity contribution in [3.63, 3.8) is 0 Å². The summed E-state index contributed by atoms with van der Waals surface area (Å²) < 4.78 is 24.4. The molecule has 0 saturated carbocycles. The predicted molar refractivity (Wildman–Crippen MR) is 92.9 cm³/mol. The highest BCUT2D eigenvalue weighted by atomic mass is 19.1. The van der Waals surface area contributed by atoms with Gasteiger partial charge in [0.05, 0.1) is 17.9 Å². The van der Waals surface area contributed by atoms with Crippen LogP contribution < -0.4 is 0 Å². The van der Waals surface area contributed by atoms with Gasteiger partial charge in [-0.15, -0.1) is 0 Å². The third kappa shape index (κ3) is 3.93. The number of nitrogens with zero attached hydrogens (tertiary/aromatic N) is 1. The van der Waals surface area contributed by atoms with Crippen LogP contribution in [0.2, 0.25) is 0 Å². The summed E-state index contributed by atoms with van der Waals surface area (Å²) in [6.45, 7) is 2.64. The van der Waals surface area contributed by atoms with Crippen LogP contribution in [0.1, 0.15) is 54.0 Å². The molecule has 0 aliphatic carbocycles. The van der Waals surface area contributed by atoms with Gasteiger partial charge in [-0.3, -0.25) is 4.79 Å². The quantitative estimate of drug-likeness (QED) is 0.808. The summed E-state index contributed by atoms with van der Waals surface area (Å²) in [6.07, 6.45) is 4.65. The molecule has 134 valence electrons. The van der Waals surface area contributed by atoms with Gasteiger partial charge in [-0.1, -0.05) is 19.1 Å². The molecular formula is C20H24FNO3. The first kappa shape index (κ1) is 17.7. The van der Waals surface area contributed by atoms with Gasteiger partial charge in [0, 0.05) is 26.1 Å². The first-order chi connectivity index (χ1) is 12.1. The normalized spacial score (nSPS) is 20.4. The Morgan fingerprint density at radius 1 is 1.28 bits per heavy atom. The molecule has 1 aromatic carbocycles. The van der Waals surface area contributed by atoms with E-state index in [4.69, 9.17) is 9.15 Å². The molecule has 5 heteroatoms. The minimum absolute atomic E-state index is 0.0121. The van der Waals surface area contributed by atoms with Crippen molar-refractivity contribution in [3.05, 3.63) is 59.3 Å². The van der Waals surface area contributed by atoms with E-state index < -0.39 is 0 Å². The van der Waals surface area contributed by atoms with E-state index in [1.165, 1.54) is 12.1 Å². The van der Waals surface area contributed by atoms with Gasteiger partial charge >= 0.3 is 0 Å². The number of ether oxygens (including phenoxy) is 1. The number of hydrogen-bond donors (Lipinski definition) is 0. The van der Waals surface area contributed by atoms with Crippen molar-refractivity contribution in [1.29, 1.82) is 0 Å². The SMILES string of the molecule is CCCc1occc1C(=O)N(C)C1CCOC(c2ccc(F)cc2)C1. The fourth-order valence-corrected chi connectivity index (χ4v) is 3.35. The summed E-state index contributed by atoms with van der Waals surface area (Å²) in [5.41, 5.74) is 1.59. The Bertz CT molecular complexity index is 710. The van der Waals surface area contributed by atoms with Crippen LogP contribution in [0.5, 0.6) is 0 Å². The van der Waals surface area contributed by atoms with E-state index in [2.05, 4.69) is 6.92 Å². The molecular weight excluding hydrogens is 321 g/mol. The largest absolute Gasteiger partial charge is 0.469 e. The predicted octanol–water partition coefficient (Wildman–Crippen LogP) is 4.36. The first-order valence-corrected chi connectivity index (χ1v) is 8.80. The molecule has 0 radical (unpaired) electrons. The molecule has 1 amide bonds. The summed E-state index contributed by atoms with van der Waals surface area (Å²) in [5.74, 6) is 0.482. The van der Waals surface area contributed by atoms with E-state index in [-0.39, 0.29) is 23.9 Å². The van der Waals surface area contributed by atoms with E-state index in [0.29, 0.717) is 18.6 Å². The molecule has 2 atom stereocenters. The lowest BCUT2D eigenvalue weighted by Gasteiger charge is -2.35. The Labute approximate surface area is 147 Å². The third-order valence-electron chi connectivity index (χ3n) is 4.82. The average molecular weight is 345 g/mol. The van der Waals surface area contributed by atoms with Crippen molar-refractivity contribution in [2.24, 2.45) is 0 Å². The number of hydrogen-bond acceptors (Lipinski definition) is 3. The van der Waals surface area contributed by atoms with Gasteiger partial charge in [-0.25, -0.2) is 4.39 Å². The zero-order chi connectivity index (χ0) is 17.8. The molecule has 1 aliphatic heterocycles. The monoisotopic (exact) mass is 345 g/mol. The van der Waals surface area contributed by atoms with Gasteiger partial charge in [0.25, 0.3) is 5.91 Å². The Balaban J connectivity index is 1.71. The van der Waals surface area contributed by atoms with Crippen molar-refractivity contribution in [3.8, 4) is 0 Å². The highest BCUT2D eigenvalue weighted by molar-refractivity contribution is 5.95. The lowest BCUT2D eigenvalue weighted by Crippen LogP contribution is -2.41. The highest BCUT2D eigenvalue weighted by Gasteiger charge is 2.30. The minimum atomic E-state index is -0.258. The molecule has 0 N–H and O–H groups in total. The smallest absolute Gasteiger partial charge is 0.257 e. The number of furan rings is 1. The number of rotatable bonds is 5. The number of carbonyl (C=O) groups is 1. The van der Waals surface area contributed by atoms with Crippen molar-refractivity contribution < 1.29 is 18.3 Å². The van der Waals surface area contributed by atoms with Gasteiger partial charge in [0.1, 0.15) is 11.6 Å². The van der Waals surface area contributed by atoms with Crippen LogP contribution >= 0.6 is 0 Å². The van der Waals surface area contributed by atoms with E-state index in [1.807, 2.05) is 7.05 Å². The Morgan fingerprint density at radius 3 is 2.76 bits per heavy atom. The third-order valence-corrected chi connectivity index (χ3v) is 4.82. The topological polar surface area (TPSA) is 42.7 Å². The first-order valence-electron chi connectivity index (χ1n) is 8.80. The second-order valence-electron chi connectivity index (χ2n) is 6.51. The molecule has 25 heavy (non-hydrogen) atoms. The Hall–Kier alpha value is -2.14. The standard InChI is InChI=1S/C20H24FNO3/c1-3-4-18-17(10-12-24-18)20(23)22(2)16-9-11-25-19(13-16)14-5-7-15(21)8-6-14/h5-8,10,12,16,19H,3-4,9,11,13H2,1-2H3. The van der Waals surface area contributed by atoms with E-state index in [9.17, 15) is 9.18 Å². The molecule has 1 saturated heterocycles. The minimum Gasteiger partial charge on any atom is -0.469 e. The zero-order valence-corrected chi connectivity index (χ0v) is 14.7. The molecule has 1 fully saturated rings. The van der Waals surface area contributed by atoms with Crippen molar-refractivity contribution >= 4 is 5.91 Å². The molecule has 2 aromatic rings. The maximum atomic E-state index is 13.1. The second kappa shape index (κ2) is 7.83. The van der Waals surface area contributed by atoms with Crippen LogP contribution in [-0.2, 0) is 11.2 Å². The van der Waals surface area contributed by atoms with Gasteiger partial charge in [0.15, 0.2) is 0 Å². The molecule has 2 heterocycles. The Morgan fingerprint density at radius 2 is 2.04 bits per heavy atom. The Kier molecular flexibility index (Phi) is 5.53. The van der Waals surface area contributed by atoms with Gasteiger partial charge in [-0.2, -0.15) is 0 Å². The summed E-state index contributed by atoms with van der Waals surface area (Å²) in [6, 6.07) is 8.22. The second-order valence-corrected chi connectivity index (χ2v) is 6.51. The summed E-state index contributed by atoms with van der Waals surface area (Å²) in [7, 11) is 1.84. The van der Waals surface area contributed by atoms with Gasteiger partial charge < -0.3 is 14.1 Å². The number of amides is 1. The van der Waals surface area contributed by atoms with Crippen LogP contribution in [0.25, 0.3) is 0 Å². The van der Waals surface area contributed by atoms with Crippen LogP contribution in [0.15, 0.2) is 41.0 Å². The van der Waals surface area contributed by atoms with Gasteiger partial charge in [-0.05, 0) is 43.0 Å².